The molecular weight excluding hydrogens is 273 g/mol. The molecule has 1 aliphatic rings. The minimum atomic E-state index is -4.47. The first kappa shape index (κ1) is 11.7. The molecule has 2 heterocycles. The van der Waals surface area contributed by atoms with Gasteiger partial charge in [0.1, 0.15) is 0 Å². The fraction of sp³-hybridized carbons (Fsp3) is 0.417. The number of amides is 1. The number of hydrogen-bond acceptors (Lipinski definition) is 4. The van der Waals surface area contributed by atoms with Crippen LogP contribution in [-0.4, -0.2) is 47.0 Å². The molecule has 1 aliphatic heterocycles. The van der Waals surface area contributed by atoms with E-state index in [9.17, 15) is 18.0 Å². The molecule has 0 unspecified atom stereocenters. The molecule has 0 bridgehead atoms. The van der Waals surface area contributed by atoms with E-state index >= 15 is 0 Å². The molecule has 0 atom stereocenters. The average molecular weight is 288 g/mol. The van der Waals surface area contributed by atoms with E-state index in [1.54, 1.807) is 4.90 Å². The lowest BCUT2D eigenvalue weighted by Crippen LogP contribution is -2.48. The van der Waals surface area contributed by atoms with Crippen molar-refractivity contribution >= 4 is 11.9 Å². The topological polar surface area (TPSA) is 49.3 Å². The fourth-order valence-corrected chi connectivity index (χ4v) is 1.85. The van der Waals surface area contributed by atoms with Crippen LogP contribution in [0.4, 0.5) is 19.1 Å². The van der Waals surface area contributed by atoms with Crippen LogP contribution >= 0.6 is 0 Å². The molecule has 1 amide bonds. The van der Waals surface area contributed by atoms with Crippen LogP contribution in [0, 0.1) is 0 Å². The summed E-state index contributed by atoms with van der Waals surface area (Å²) < 4.78 is 51.2. The maximum atomic E-state index is 12.4. The van der Waals surface area contributed by atoms with Gasteiger partial charge < -0.3 is 9.80 Å². The first-order valence-electron chi connectivity index (χ1n) is 6.85. The van der Waals surface area contributed by atoms with Crippen molar-refractivity contribution in [1.82, 2.24) is 14.9 Å². The molecule has 0 aliphatic carbocycles. The zero-order valence-corrected chi connectivity index (χ0v) is 10.4. The molecule has 1 aromatic rings. The van der Waals surface area contributed by atoms with Gasteiger partial charge >= 0.3 is 6.18 Å². The Balaban J connectivity index is 1.97. The molecule has 0 spiro atoms. The Kier molecular flexibility index (Phi) is 3.20. The molecule has 1 saturated heterocycles. The predicted octanol–water partition coefficient (Wildman–Crippen LogP) is 1.33. The van der Waals surface area contributed by atoms with Crippen LogP contribution in [0.5, 0.6) is 0 Å². The van der Waals surface area contributed by atoms with Crippen molar-refractivity contribution < 1.29 is 20.7 Å². The van der Waals surface area contributed by atoms with E-state index in [0.717, 1.165) is 18.5 Å². The average Bonchev–Trinajstić information content (AvgIpc) is 2.46. The van der Waals surface area contributed by atoms with Crippen molar-refractivity contribution in [2.75, 3.05) is 31.1 Å². The first-order valence-corrected chi connectivity index (χ1v) is 5.85. The summed E-state index contributed by atoms with van der Waals surface area (Å²) in [5.41, 5.74) is -0.909. The van der Waals surface area contributed by atoms with Gasteiger partial charge in [0.2, 0.25) is 11.9 Å². The third-order valence-corrected chi connectivity index (χ3v) is 2.96. The van der Waals surface area contributed by atoms with Crippen LogP contribution in [-0.2, 0) is 11.0 Å². The summed E-state index contributed by atoms with van der Waals surface area (Å²) >= 11 is 0. The molecule has 8 heteroatoms. The van der Waals surface area contributed by atoms with Gasteiger partial charge in [0.25, 0.3) is 0 Å². The highest BCUT2D eigenvalue weighted by Crippen LogP contribution is 2.28. The van der Waals surface area contributed by atoms with Crippen molar-refractivity contribution in [1.29, 1.82) is 0 Å². The summed E-state index contributed by atoms with van der Waals surface area (Å²) in [7, 11) is 0. The Labute approximate surface area is 116 Å². The van der Waals surface area contributed by atoms with E-state index in [1.807, 2.05) is 0 Å². The molecule has 2 rings (SSSR count). The minimum absolute atomic E-state index is 0.178. The minimum Gasteiger partial charge on any atom is -0.337 e. The van der Waals surface area contributed by atoms with Gasteiger partial charge in [-0.25, -0.2) is 9.97 Å². The zero-order valence-electron chi connectivity index (χ0n) is 12.4. The predicted molar refractivity (Wildman–Crippen MR) is 66.0 cm³/mol. The summed E-state index contributed by atoms with van der Waals surface area (Å²) in [6.07, 6.45) is -2.10. The van der Waals surface area contributed by atoms with E-state index in [-0.39, 0.29) is 5.95 Å². The molecule has 1 fully saturated rings. The van der Waals surface area contributed by atoms with E-state index in [2.05, 4.69) is 9.97 Å². The van der Waals surface area contributed by atoms with Crippen LogP contribution in [0.2, 0.25) is 0 Å². The van der Waals surface area contributed by atoms with E-state index in [1.165, 1.54) is 4.90 Å². The second-order valence-electron chi connectivity index (χ2n) is 4.23. The highest BCUT2D eigenvalue weighted by Gasteiger charge is 2.31. The number of hydrogen-bond donors (Lipinski definition) is 0. The van der Waals surface area contributed by atoms with Gasteiger partial charge in [0.15, 0.2) is 0 Å². The Morgan fingerprint density at radius 2 is 1.90 bits per heavy atom. The van der Waals surface area contributed by atoms with Crippen molar-refractivity contribution in [3.63, 3.8) is 0 Å². The van der Waals surface area contributed by atoms with Crippen LogP contribution in [0.15, 0.2) is 25.0 Å². The van der Waals surface area contributed by atoms with Crippen LogP contribution in [0.3, 0.4) is 0 Å². The lowest BCUT2D eigenvalue weighted by Gasteiger charge is -2.34. The Morgan fingerprint density at radius 3 is 2.40 bits per heavy atom. The van der Waals surface area contributed by atoms with Crippen molar-refractivity contribution in [3.8, 4) is 0 Å². The quantitative estimate of drug-likeness (QED) is 0.770. The molecule has 0 aromatic carbocycles. The highest BCUT2D eigenvalue weighted by atomic mass is 19.4. The lowest BCUT2D eigenvalue weighted by atomic mass is 10.3. The monoisotopic (exact) mass is 288 g/mol. The normalized spacial score (nSPS) is 17.4. The summed E-state index contributed by atoms with van der Waals surface area (Å²) in [6.45, 7) is 0.825. The van der Waals surface area contributed by atoms with Gasteiger partial charge in [-0.05, 0) is 6.08 Å². The smallest absolute Gasteiger partial charge is 0.337 e. The SMILES string of the molecule is [2H]C([2H])=CC(=O)N1CCN(c2ncc(C(F)(F)F)cn2)CC1. The number of rotatable bonds is 2. The Bertz CT molecular complexity index is 565. The number of carbonyl (C=O) groups is 1. The highest BCUT2D eigenvalue weighted by molar-refractivity contribution is 5.87. The summed E-state index contributed by atoms with van der Waals surface area (Å²) in [5.74, 6) is -0.245. The number of alkyl halides is 3. The maximum Gasteiger partial charge on any atom is 0.419 e. The summed E-state index contributed by atoms with van der Waals surface area (Å²) in [5, 5.41) is 0. The molecule has 1 aromatic heterocycles. The number of aromatic nitrogens is 2. The molecule has 20 heavy (non-hydrogen) atoms. The van der Waals surface area contributed by atoms with Gasteiger partial charge in [-0.15, -0.1) is 0 Å². The lowest BCUT2D eigenvalue weighted by molar-refractivity contribution is -0.138. The molecular formula is C12H13F3N4O. The third-order valence-electron chi connectivity index (χ3n) is 2.96. The molecule has 0 N–H and O–H groups in total. The van der Waals surface area contributed by atoms with Crippen molar-refractivity contribution in [3.05, 3.63) is 30.6 Å². The number of carbonyl (C=O) groups excluding carboxylic acids is 1. The van der Waals surface area contributed by atoms with Crippen LogP contribution < -0.4 is 4.90 Å². The number of halogens is 3. The summed E-state index contributed by atoms with van der Waals surface area (Å²) in [6, 6.07) is 0. The Hall–Kier alpha value is -2.12. The second-order valence-corrected chi connectivity index (χ2v) is 4.23. The van der Waals surface area contributed by atoms with Crippen molar-refractivity contribution in [2.45, 2.75) is 6.18 Å². The van der Waals surface area contributed by atoms with Gasteiger partial charge in [-0.2, -0.15) is 13.2 Å². The third kappa shape index (κ3) is 3.06. The van der Waals surface area contributed by atoms with Crippen LogP contribution in [0.25, 0.3) is 0 Å². The van der Waals surface area contributed by atoms with E-state index in [0.29, 0.717) is 26.2 Å². The standard InChI is InChI=1S/C12H13F3N4O/c1-2-10(20)18-3-5-19(6-4-18)11-16-7-9(8-17-11)12(13,14)15/h2,7-8H,1,3-6H2/i1D2. The fourth-order valence-electron chi connectivity index (χ4n) is 1.85. The molecule has 0 radical (unpaired) electrons. The van der Waals surface area contributed by atoms with Gasteiger partial charge in [0, 0.05) is 38.6 Å². The zero-order chi connectivity index (χ0) is 16.3. The van der Waals surface area contributed by atoms with E-state index in [4.69, 9.17) is 2.74 Å². The number of anilines is 1. The van der Waals surface area contributed by atoms with Gasteiger partial charge in [-0.3, -0.25) is 4.79 Å². The first-order chi connectivity index (χ1) is 10.3. The number of nitrogens with zero attached hydrogens (tertiary/aromatic N) is 4. The Morgan fingerprint density at radius 1 is 1.30 bits per heavy atom. The van der Waals surface area contributed by atoms with E-state index < -0.39 is 24.2 Å². The van der Waals surface area contributed by atoms with Gasteiger partial charge in [-0.1, -0.05) is 6.53 Å². The molecule has 0 saturated carbocycles. The molecule has 5 nitrogen and oxygen atoms in total. The van der Waals surface area contributed by atoms with Crippen LogP contribution in [0.1, 0.15) is 8.30 Å². The van der Waals surface area contributed by atoms with Crippen molar-refractivity contribution in [2.24, 2.45) is 0 Å². The van der Waals surface area contributed by atoms with Gasteiger partial charge in [0.05, 0.1) is 8.30 Å². The molecule has 108 valence electrons. The maximum absolute atomic E-state index is 12.4. The summed E-state index contributed by atoms with van der Waals surface area (Å²) in [4.78, 5) is 22.2. The second kappa shape index (κ2) is 5.48. The largest absolute Gasteiger partial charge is 0.419 e. The number of piperazine rings is 1.